The van der Waals surface area contributed by atoms with Crippen LogP contribution in [0.2, 0.25) is 5.02 Å². The molecule has 10 heteroatoms. The number of likely N-dealkylation sites (N-methyl/N-ethyl adjacent to an activating group) is 1. The number of halogens is 1. The second-order valence-corrected chi connectivity index (χ2v) is 11.3. The van der Waals surface area contributed by atoms with Crippen LogP contribution in [-0.4, -0.2) is 83.3 Å². The quantitative estimate of drug-likeness (QED) is 0.435. The smallest absolute Gasteiger partial charge is 0.262 e. The molecule has 0 bridgehead atoms. The summed E-state index contributed by atoms with van der Waals surface area (Å²) in [6.07, 6.45) is 6.39. The van der Waals surface area contributed by atoms with Gasteiger partial charge in [0.15, 0.2) is 5.03 Å². The van der Waals surface area contributed by atoms with Gasteiger partial charge in [0.05, 0.1) is 12.9 Å². The first kappa shape index (κ1) is 26.7. The highest BCUT2D eigenvalue weighted by Crippen LogP contribution is 2.17. The van der Waals surface area contributed by atoms with E-state index in [-0.39, 0.29) is 17.5 Å². The van der Waals surface area contributed by atoms with E-state index < -0.39 is 10.0 Å². The predicted molar refractivity (Wildman–Crippen MR) is 134 cm³/mol. The summed E-state index contributed by atoms with van der Waals surface area (Å²) < 4.78 is 28.6. The fourth-order valence-corrected chi connectivity index (χ4v) is 5.91. The van der Waals surface area contributed by atoms with Crippen molar-refractivity contribution in [3.63, 3.8) is 0 Å². The third-order valence-electron chi connectivity index (χ3n) is 6.38. The lowest BCUT2D eigenvalue weighted by atomic mass is 10.1. The summed E-state index contributed by atoms with van der Waals surface area (Å²) in [6, 6.07) is 8.43. The van der Waals surface area contributed by atoms with E-state index in [4.69, 9.17) is 11.6 Å². The molecule has 1 aromatic heterocycles. The lowest BCUT2D eigenvalue weighted by molar-refractivity contribution is -0.130. The Bertz CT molecular complexity index is 1040. The van der Waals surface area contributed by atoms with Crippen LogP contribution in [-0.2, 0) is 28.3 Å². The summed E-state index contributed by atoms with van der Waals surface area (Å²) in [6.45, 7) is 7.79. The number of benzene rings is 1. The zero-order valence-corrected chi connectivity index (χ0v) is 21.9. The third kappa shape index (κ3) is 7.04. The van der Waals surface area contributed by atoms with E-state index in [1.54, 1.807) is 16.5 Å². The fourth-order valence-electron chi connectivity index (χ4n) is 4.39. The van der Waals surface area contributed by atoms with Crippen LogP contribution in [0.15, 0.2) is 41.8 Å². The normalized spacial score (nSPS) is 16.7. The number of unbranched alkanes of at least 4 members (excludes halogenated alkanes) is 1. The molecule has 8 nitrogen and oxygen atoms in total. The van der Waals surface area contributed by atoms with Crippen LogP contribution in [0.1, 0.15) is 38.7 Å². The molecule has 188 valence electrons. The SMILES string of the molecule is CCN(CCCCN1CCCN(S(=O)(=O)c2cn(C)cn2)CC1=O)C(C)Cc1ccc(Cl)cc1. The summed E-state index contributed by atoms with van der Waals surface area (Å²) in [5.74, 6) is -0.138. The number of nitrogens with zero attached hydrogens (tertiary/aromatic N) is 5. The Balaban J connectivity index is 1.46. The molecule has 0 N–H and O–H groups in total. The van der Waals surface area contributed by atoms with Crippen molar-refractivity contribution in [3.8, 4) is 0 Å². The molecule has 0 saturated carbocycles. The number of aromatic nitrogens is 2. The van der Waals surface area contributed by atoms with Gasteiger partial charge in [0.25, 0.3) is 10.0 Å². The molecule has 2 aromatic rings. The minimum atomic E-state index is -3.76. The van der Waals surface area contributed by atoms with Crippen molar-refractivity contribution in [1.29, 1.82) is 0 Å². The van der Waals surface area contributed by atoms with Crippen molar-refractivity contribution < 1.29 is 13.2 Å². The second kappa shape index (κ2) is 12.2. The zero-order chi connectivity index (χ0) is 24.7. The highest BCUT2D eigenvalue weighted by molar-refractivity contribution is 7.89. The van der Waals surface area contributed by atoms with Gasteiger partial charge in [-0.3, -0.25) is 4.79 Å². The van der Waals surface area contributed by atoms with Crippen molar-refractivity contribution in [2.45, 2.75) is 50.6 Å². The largest absolute Gasteiger partial charge is 0.342 e. The van der Waals surface area contributed by atoms with E-state index in [1.165, 1.54) is 22.4 Å². The summed E-state index contributed by atoms with van der Waals surface area (Å²) in [5, 5.41) is 0.743. The average molecular weight is 510 g/mol. The topological polar surface area (TPSA) is 78.8 Å². The van der Waals surface area contributed by atoms with Crippen LogP contribution < -0.4 is 0 Å². The van der Waals surface area contributed by atoms with E-state index >= 15 is 0 Å². The lowest BCUT2D eigenvalue weighted by Gasteiger charge is -2.28. The van der Waals surface area contributed by atoms with Crippen LogP contribution in [0.4, 0.5) is 0 Å². The minimum Gasteiger partial charge on any atom is -0.342 e. The standard InChI is InChI=1S/C24H36ClN5O3S/c1-4-28(20(2)16-21-8-10-22(25)11-9-21)12-5-6-13-29-14-7-15-30(18-24(29)31)34(32,33)23-17-27(3)19-26-23/h8-11,17,19-20H,4-7,12-16,18H2,1-3H3. The van der Waals surface area contributed by atoms with Crippen molar-refractivity contribution in [3.05, 3.63) is 47.4 Å². The molecule has 1 amide bonds. The van der Waals surface area contributed by atoms with Crippen molar-refractivity contribution in [2.75, 3.05) is 39.3 Å². The highest BCUT2D eigenvalue weighted by Gasteiger charge is 2.32. The van der Waals surface area contributed by atoms with E-state index in [0.29, 0.717) is 32.1 Å². The molecule has 34 heavy (non-hydrogen) atoms. The monoisotopic (exact) mass is 509 g/mol. The summed E-state index contributed by atoms with van der Waals surface area (Å²) in [5.41, 5.74) is 1.27. The maximum atomic E-state index is 12.9. The van der Waals surface area contributed by atoms with Gasteiger partial charge in [-0.1, -0.05) is 30.7 Å². The summed E-state index contributed by atoms with van der Waals surface area (Å²) >= 11 is 5.99. The molecule has 1 fully saturated rings. The van der Waals surface area contributed by atoms with Crippen molar-refractivity contribution in [2.24, 2.45) is 7.05 Å². The lowest BCUT2D eigenvalue weighted by Crippen LogP contribution is -2.40. The van der Waals surface area contributed by atoms with E-state index in [2.05, 4.69) is 35.9 Å². The van der Waals surface area contributed by atoms with Gasteiger partial charge in [-0.2, -0.15) is 4.31 Å². The van der Waals surface area contributed by atoms with Gasteiger partial charge in [0.1, 0.15) is 0 Å². The maximum absolute atomic E-state index is 12.9. The number of rotatable bonds is 11. The van der Waals surface area contributed by atoms with Gasteiger partial charge in [-0.15, -0.1) is 0 Å². The zero-order valence-electron chi connectivity index (χ0n) is 20.4. The molecular weight excluding hydrogens is 474 g/mol. The molecule has 0 spiro atoms. The Hall–Kier alpha value is -1.94. The van der Waals surface area contributed by atoms with E-state index in [9.17, 15) is 13.2 Å². The number of amides is 1. The Labute approximate surface area is 208 Å². The predicted octanol–water partition coefficient (Wildman–Crippen LogP) is 3.03. The van der Waals surface area contributed by atoms with Crippen LogP contribution in [0.3, 0.4) is 0 Å². The molecule has 0 aliphatic carbocycles. The first-order valence-corrected chi connectivity index (χ1v) is 13.8. The van der Waals surface area contributed by atoms with Crippen LogP contribution in [0.25, 0.3) is 0 Å². The molecule has 1 saturated heterocycles. The number of carbonyl (C=O) groups excluding carboxylic acids is 1. The highest BCUT2D eigenvalue weighted by atomic mass is 35.5. The molecule has 1 aliphatic rings. The Kier molecular flexibility index (Phi) is 9.53. The third-order valence-corrected chi connectivity index (χ3v) is 8.37. The molecule has 3 rings (SSSR count). The number of sulfonamides is 1. The molecule has 0 radical (unpaired) electrons. The first-order valence-electron chi connectivity index (χ1n) is 11.9. The van der Waals surface area contributed by atoms with Crippen molar-refractivity contribution >= 4 is 27.5 Å². The molecule has 1 aromatic carbocycles. The van der Waals surface area contributed by atoms with Gasteiger partial charge < -0.3 is 14.4 Å². The van der Waals surface area contributed by atoms with Crippen molar-refractivity contribution in [1.82, 2.24) is 23.7 Å². The number of imidazole rings is 1. The van der Waals surface area contributed by atoms with E-state index in [0.717, 1.165) is 37.4 Å². The fraction of sp³-hybridized carbons (Fsp3) is 0.583. The van der Waals surface area contributed by atoms with Gasteiger partial charge in [-0.05, 0) is 63.4 Å². The number of hydrogen-bond donors (Lipinski definition) is 0. The minimum absolute atomic E-state index is 0.0105. The summed E-state index contributed by atoms with van der Waals surface area (Å²) in [7, 11) is -2.04. The Morgan fingerprint density at radius 2 is 1.91 bits per heavy atom. The van der Waals surface area contributed by atoms with Crippen LogP contribution >= 0.6 is 11.6 Å². The molecule has 1 atom stereocenters. The Morgan fingerprint density at radius 3 is 2.56 bits per heavy atom. The van der Waals surface area contributed by atoms with Gasteiger partial charge in [0.2, 0.25) is 5.91 Å². The number of carbonyl (C=O) groups is 1. The maximum Gasteiger partial charge on any atom is 0.262 e. The summed E-state index contributed by atoms with van der Waals surface area (Å²) in [4.78, 5) is 21.0. The van der Waals surface area contributed by atoms with Gasteiger partial charge in [-0.25, -0.2) is 13.4 Å². The number of hydrogen-bond acceptors (Lipinski definition) is 5. The van der Waals surface area contributed by atoms with Gasteiger partial charge in [0, 0.05) is 43.9 Å². The Morgan fingerprint density at radius 1 is 1.18 bits per heavy atom. The van der Waals surface area contributed by atoms with Gasteiger partial charge >= 0.3 is 0 Å². The molecule has 1 unspecified atom stereocenters. The van der Waals surface area contributed by atoms with E-state index in [1.807, 2.05) is 12.1 Å². The number of aryl methyl sites for hydroxylation is 1. The molecule has 1 aliphatic heterocycles. The molecular formula is C24H36ClN5O3S. The van der Waals surface area contributed by atoms with Crippen LogP contribution in [0.5, 0.6) is 0 Å². The first-order chi connectivity index (χ1) is 16.2. The average Bonchev–Trinajstić information content (AvgIpc) is 3.16. The molecule has 2 heterocycles. The second-order valence-electron chi connectivity index (χ2n) is 8.97. The van der Waals surface area contributed by atoms with Crippen LogP contribution in [0, 0.1) is 0 Å².